The standard InChI is InChI=1S/C15H8F2N6O2S/c16-8-1-9(4-18-3-8)25-10-2-11(13-19-7-20-23(13)5-10)14(24)22-15-21-12(17)6-26-15/h1-7H,(H,21,22,24). The van der Waals surface area contributed by atoms with Crippen molar-refractivity contribution in [1.29, 1.82) is 0 Å². The number of amides is 1. The van der Waals surface area contributed by atoms with Gasteiger partial charge in [0.15, 0.2) is 10.8 Å². The van der Waals surface area contributed by atoms with E-state index in [1.165, 1.54) is 34.7 Å². The number of ether oxygens (including phenoxy) is 1. The molecule has 4 aromatic heterocycles. The van der Waals surface area contributed by atoms with Gasteiger partial charge in [-0.2, -0.15) is 14.5 Å². The first-order chi connectivity index (χ1) is 12.6. The molecule has 0 aromatic carbocycles. The number of hydrogen-bond donors (Lipinski definition) is 1. The Morgan fingerprint density at radius 3 is 2.88 bits per heavy atom. The third-order valence-corrected chi connectivity index (χ3v) is 3.94. The number of nitrogens with one attached hydrogen (secondary N) is 1. The predicted octanol–water partition coefficient (Wildman–Crippen LogP) is 2.90. The van der Waals surface area contributed by atoms with E-state index in [2.05, 4.69) is 25.4 Å². The van der Waals surface area contributed by atoms with Crippen LogP contribution in [0.4, 0.5) is 13.9 Å². The zero-order valence-corrected chi connectivity index (χ0v) is 13.6. The number of carbonyl (C=O) groups is 1. The average Bonchev–Trinajstić information content (AvgIpc) is 3.23. The molecule has 0 saturated carbocycles. The van der Waals surface area contributed by atoms with Gasteiger partial charge in [0.25, 0.3) is 5.91 Å². The molecule has 0 atom stereocenters. The SMILES string of the molecule is O=C(Nc1nc(F)cs1)c1cc(Oc2cncc(F)c2)cn2ncnc12. The van der Waals surface area contributed by atoms with E-state index in [4.69, 9.17) is 4.74 Å². The predicted molar refractivity (Wildman–Crippen MR) is 87.3 cm³/mol. The fourth-order valence-electron chi connectivity index (χ4n) is 2.19. The molecule has 8 nitrogen and oxygen atoms in total. The molecule has 0 aliphatic rings. The second-order valence-electron chi connectivity index (χ2n) is 4.99. The van der Waals surface area contributed by atoms with Crippen LogP contribution >= 0.6 is 11.3 Å². The van der Waals surface area contributed by atoms with Crippen molar-refractivity contribution in [2.45, 2.75) is 0 Å². The molecule has 1 N–H and O–H groups in total. The van der Waals surface area contributed by atoms with E-state index < -0.39 is 17.7 Å². The van der Waals surface area contributed by atoms with Crippen LogP contribution in [0, 0.1) is 11.8 Å². The number of aromatic nitrogens is 5. The minimum Gasteiger partial charge on any atom is -0.454 e. The molecule has 0 spiro atoms. The van der Waals surface area contributed by atoms with Crippen LogP contribution in [0.25, 0.3) is 5.65 Å². The van der Waals surface area contributed by atoms with Gasteiger partial charge in [0.2, 0.25) is 5.95 Å². The topological polar surface area (TPSA) is 94.3 Å². The van der Waals surface area contributed by atoms with Gasteiger partial charge < -0.3 is 4.74 Å². The van der Waals surface area contributed by atoms with Gasteiger partial charge in [-0.3, -0.25) is 15.1 Å². The first kappa shape index (κ1) is 16.0. The van der Waals surface area contributed by atoms with E-state index in [9.17, 15) is 13.6 Å². The Kier molecular flexibility index (Phi) is 3.97. The largest absolute Gasteiger partial charge is 0.454 e. The lowest BCUT2D eigenvalue weighted by atomic mass is 10.2. The maximum absolute atomic E-state index is 13.3. The van der Waals surface area contributed by atoms with Gasteiger partial charge in [0, 0.05) is 11.4 Å². The molecule has 0 aliphatic heterocycles. The second-order valence-corrected chi connectivity index (χ2v) is 5.85. The van der Waals surface area contributed by atoms with Gasteiger partial charge in [0.1, 0.15) is 23.6 Å². The fraction of sp³-hybridized carbons (Fsp3) is 0. The van der Waals surface area contributed by atoms with E-state index in [1.54, 1.807) is 0 Å². The molecular weight excluding hydrogens is 366 g/mol. The van der Waals surface area contributed by atoms with Crippen molar-refractivity contribution < 1.29 is 18.3 Å². The molecule has 4 heterocycles. The van der Waals surface area contributed by atoms with Gasteiger partial charge in [-0.15, -0.1) is 11.3 Å². The van der Waals surface area contributed by atoms with Gasteiger partial charge in [-0.1, -0.05) is 0 Å². The molecule has 0 unspecified atom stereocenters. The summed E-state index contributed by atoms with van der Waals surface area (Å²) in [6.07, 6.45) is 5.11. The normalized spacial score (nSPS) is 10.8. The van der Waals surface area contributed by atoms with Gasteiger partial charge in [0.05, 0.1) is 24.2 Å². The van der Waals surface area contributed by atoms with E-state index >= 15 is 0 Å². The minimum atomic E-state index is -0.686. The fourth-order valence-corrected chi connectivity index (χ4v) is 2.74. The summed E-state index contributed by atoms with van der Waals surface area (Å²) in [5, 5.41) is 7.72. The summed E-state index contributed by atoms with van der Waals surface area (Å²) >= 11 is 0.946. The van der Waals surface area contributed by atoms with Crippen molar-refractivity contribution in [3.8, 4) is 11.5 Å². The first-order valence-electron chi connectivity index (χ1n) is 7.12. The first-order valence-corrected chi connectivity index (χ1v) is 8.00. The van der Waals surface area contributed by atoms with Gasteiger partial charge in [-0.05, 0) is 6.07 Å². The zero-order chi connectivity index (χ0) is 18.1. The van der Waals surface area contributed by atoms with Crippen molar-refractivity contribution >= 4 is 28.0 Å². The Bertz CT molecular complexity index is 1110. The summed E-state index contributed by atoms with van der Waals surface area (Å²) in [5.74, 6) is -1.45. The van der Waals surface area contributed by atoms with Crippen LogP contribution in [0.3, 0.4) is 0 Å². The number of hydrogen-bond acceptors (Lipinski definition) is 7. The summed E-state index contributed by atoms with van der Waals surface area (Å²) < 4.78 is 33.1. The summed E-state index contributed by atoms with van der Waals surface area (Å²) in [7, 11) is 0. The van der Waals surface area contributed by atoms with Crippen LogP contribution < -0.4 is 10.1 Å². The lowest BCUT2D eigenvalue weighted by molar-refractivity contribution is 0.102. The number of halogens is 2. The van der Waals surface area contributed by atoms with Crippen molar-refractivity contribution in [2.75, 3.05) is 5.32 Å². The molecule has 26 heavy (non-hydrogen) atoms. The third-order valence-electron chi connectivity index (χ3n) is 3.21. The van der Waals surface area contributed by atoms with Crippen LogP contribution in [-0.2, 0) is 0 Å². The molecule has 130 valence electrons. The third kappa shape index (κ3) is 3.19. The number of anilines is 1. The van der Waals surface area contributed by atoms with Crippen molar-refractivity contribution in [3.63, 3.8) is 0 Å². The molecular formula is C15H8F2N6O2S. The summed E-state index contributed by atoms with van der Waals surface area (Å²) in [6.45, 7) is 0. The van der Waals surface area contributed by atoms with E-state index in [0.717, 1.165) is 23.6 Å². The average molecular weight is 374 g/mol. The maximum Gasteiger partial charge on any atom is 0.261 e. The van der Waals surface area contributed by atoms with Crippen LogP contribution in [0.1, 0.15) is 10.4 Å². The number of nitrogens with zero attached hydrogens (tertiary/aromatic N) is 5. The highest BCUT2D eigenvalue weighted by Gasteiger charge is 2.17. The number of thiazole rings is 1. The molecule has 0 radical (unpaired) electrons. The highest BCUT2D eigenvalue weighted by Crippen LogP contribution is 2.25. The van der Waals surface area contributed by atoms with Gasteiger partial charge >= 0.3 is 0 Å². The molecule has 11 heteroatoms. The minimum absolute atomic E-state index is 0.103. The Hall–Kier alpha value is -3.47. The van der Waals surface area contributed by atoms with Crippen molar-refractivity contribution in [2.24, 2.45) is 0 Å². The molecule has 4 rings (SSSR count). The zero-order valence-electron chi connectivity index (χ0n) is 12.8. The lowest BCUT2D eigenvalue weighted by Gasteiger charge is -2.08. The second kappa shape index (κ2) is 6.44. The summed E-state index contributed by atoms with van der Waals surface area (Å²) in [4.78, 5) is 23.8. The highest BCUT2D eigenvalue weighted by atomic mass is 32.1. The quantitative estimate of drug-likeness (QED) is 0.590. The van der Waals surface area contributed by atoms with Crippen molar-refractivity contribution in [3.05, 3.63) is 59.8 Å². The molecule has 0 bridgehead atoms. The van der Waals surface area contributed by atoms with Crippen LogP contribution in [0.2, 0.25) is 0 Å². The number of fused-ring (bicyclic) bond motifs is 1. The molecule has 1 amide bonds. The summed E-state index contributed by atoms with van der Waals surface area (Å²) in [6, 6.07) is 2.56. The monoisotopic (exact) mass is 374 g/mol. The van der Waals surface area contributed by atoms with Crippen LogP contribution in [0.15, 0.2) is 42.4 Å². The Morgan fingerprint density at radius 1 is 1.23 bits per heavy atom. The summed E-state index contributed by atoms with van der Waals surface area (Å²) in [5.41, 5.74) is 0.393. The smallest absolute Gasteiger partial charge is 0.261 e. The molecule has 4 aromatic rings. The number of rotatable bonds is 4. The lowest BCUT2D eigenvalue weighted by Crippen LogP contribution is -2.14. The Morgan fingerprint density at radius 2 is 2.12 bits per heavy atom. The highest BCUT2D eigenvalue weighted by molar-refractivity contribution is 7.13. The number of carbonyl (C=O) groups excluding carboxylic acids is 1. The van der Waals surface area contributed by atoms with Crippen LogP contribution in [-0.4, -0.2) is 30.5 Å². The molecule has 0 aliphatic carbocycles. The van der Waals surface area contributed by atoms with Crippen molar-refractivity contribution in [1.82, 2.24) is 24.6 Å². The Labute approximate surface area is 148 Å². The maximum atomic E-state index is 13.3. The number of pyridine rings is 2. The Balaban J connectivity index is 1.69. The van der Waals surface area contributed by atoms with E-state index in [0.29, 0.717) is 0 Å². The van der Waals surface area contributed by atoms with E-state index in [1.807, 2.05) is 0 Å². The van der Waals surface area contributed by atoms with E-state index in [-0.39, 0.29) is 27.8 Å². The van der Waals surface area contributed by atoms with Gasteiger partial charge in [-0.25, -0.2) is 13.9 Å². The molecule has 0 saturated heterocycles. The molecule has 0 fully saturated rings. The van der Waals surface area contributed by atoms with Crippen LogP contribution in [0.5, 0.6) is 11.5 Å².